The van der Waals surface area contributed by atoms with Crippen LogP contribution in [-0.4, -0.2) is 93.2 Å². The SMILES string of the molecule is CCNC(=NCC(C)CN1CCN(C)CC1)NCC(c1ccco1)N1CCCC1. The highest BCUT2D eigenvalue weighted by molar-refractivity contribution is 5.79. The van der Waals surface area contributed by atoms with E-state index in [-0.39, 0.29) is 6.04 Å². The highest BCUT2D eigenvalue weighted by Crippen LogP contribution is 2.24. The molecule has 2 N–H and O–H groups in total. The van der Waals surface area contributed by atoms with Crippen LogP contribution in [0.5, 0.6) is 0 Å². The Bertz CT molecular complexity index is 590. The second kappa shape index (κ2) is 11.6. The minimum atomic E-state index is 0.263. The number of nitrogens with zero attached hydrogens (tertiary/aromatic N) is 4. The Labute approximate surface area is 176 Å². The van der Waals surface area contributed by atoms with E-state index in [4.69, 9.17) is 9.41 Å². The van der Waals surface area contributed by atoms with Gasteiger partial charge >= 0.3 is 0 Å². The molecule has 2 atom stereocenters. The summed E-state index contributed by atoms with van der Waals surface area (Å²) in [4.78, 5) is 12.4. The molecule has 7 nitrogen and oxygen atoms in total. The predicted octanol–water partition coefficient (Wildman–Crippen LogP) is 1.86. The van der Waals surface area contributed by atoms with Crippen molar-refractivity contribution in [3.63, 3.8) is 0 Å². The first-order chi connectivity index (χ1) is 14.2. The summed E-state index contributed by atoms with van der Waals surface area (Å²) >= 11 is 0. The average molecular weight is 405 g/mol. The van der Waals surface area contributed by atoms with E-state index >= 15 is 0 Å². The molecule has 1 aromatic heterocycles. The van der Waals surface area contributed by atoms with Crippen molar-refractivity contribution in [2.45, 2.75) is 32.7 Å². The standard InChI is InChI=1S/C22H40N6O/c1-4-23-22(24-16-19(2)18-27-13-11-26(3)12-14-27)25-17-20(21-8-7-15-29-21)28-9-5-6-10-28/h7-8,15,19-20H,4-6,9-14,16-18H2,1-3H3,(H2,23,24,25). The van der Waals surface area contributed by atoms with Crippen LogP contribution in [0.3, 0.4) is 0 Å². The molecule has 0 spiro atoms. The first-order valence-electron chi connectivity index (χ1n) is 11.4. The molecule has 0 radical (unpaired) electrons. The van der Waals surface area contributed by atoms with Crippen LogP contribution in [0.15, 0.2) is 27.8 Å². The van der Waals surface area contributed by atoms with Gasteiger partial charge in [-0.05, 0) is 58.0 Å². The number of hydrogen-bond donors (Lipinski definition) is 2. The summed E-state index contributed by atoms with van der Waals surface area (Å²) in [5.41, 5.74) is 0. The van der Waals surface area contributed by atoms with Gasteiger partial charge in [0.1, 0.15) is 5.76 Å². The fraction of sp³-hybridized carbons (Fsp3) is 0.773. The molecule has 1 aromatic rings. The van der Waals surface area contributed by atoms with Crippen LogP contribution in [0.4, 0.5) is 0 Å². The van der Waals surface area contributed by atoms with Crippen LogP contribution in [0, 0.1) is 5.92 Å². The van der Waals surface area contributed by atoms with Crippen molar-refractivity contribution >= 4 is 5.96 Å². The van der Waals surface area contributed by atoms with E-state index in [1.54, 1.807) is 6.26 Å². The summed E-state index contributed by atoms with van der Waals surface area (Å²) in [6.45, 7) is 15.0. The number of guanidine groups is 1. The molecule has 0 aliphatic carbocycles. The van der Waals surface area contributed by atoms with E-state index in [9.17, 15) is 0 Å². The Hall–Kier alpha value is -1.57. The molecule has 2 saturated heterocycles. The zero-order chi connectivity index (χ0) is 20.5. The quantitative estimate of drug-likeness (QED) is 0.484. The van der Waals surface area contributed by atoms with Crippen molar-refractivity contribution in [1.82, 2.24) is 25.3 Å². The number of furan rings is 1. The minimum Gasteiger partial charge on any atom is -0.468 e. The van der Waals surface area contributed by atoms with Crippen molar-refractivity contribution in [2.24, 2.45) is 10.9 Å². The van der Waals surface area contributed by atoms with Crippen molar-refractivity contribution in [2.75, 3.05) is 72.5 Å². The van der Waals surface area contributed by atoms with Gasteiger partial charge in [-0.1, -0.05) is 6.92 Å². The Kier molecular flexibility index (Phi) is 8.83. The normalized spacial score (nSPS) is 22.0. The molecule has 2 aliphatic rings. The van der Waals surface area contributed by atoms with Gasteiger partial charge in [0.2, 0.25) is 0 Å². The van der Waals surface area contributed by atoms with Crippen LogP contribution in [0.25, 0.3) is 0 Å². The van der Waals surface area contributed by atoms with Crippen LogP contribution < -0.4 is 10.6 Å². The number of piperazine rings is 1. The lowest BCUT2D eigenvalue weighted by Gasteiger charge is -2.33. The Balaban J connectivity index is 1.51. The fourth-order valence-electron chi connectivity index (χ4n) is 4.25. The lowest BCUT2D eigenvalue weighted by atomic mass is 10.1. The number of hydrogen-bond acceptors (Lipinski definition) is 5. The predicted molar refractivity (Wildman–Crippen MR) is 119 cm³/mol. The van der Waals surface area contributed by atoms with Crippen LogP contribution in [-0.2, 0) is 0 Å². The van der Waals surface area contributed by atoms with Gasteiger partial charge in [-0.2, -0.15) is 0 Å². The largest absolute Gasteiger partial charge is 0.468 e. The van der Waals surface area contributed by atoms with E-state index in [1.165, 1.54) is 39.0 Å². The molecular weight excluding hydrogens is 364 g/mol. The highest BCUT2D eigenvalue weighted by Gasteiger charge is 2.25. The van der Waals surface area contributed by atoms with E-state index in [1.807, 2.05) is 6.07 Å². The van der Waals surface area contributed by atoms with Gasteiger partial charge in [-0.3, -0.25) is 9.89 Å². The summed E-state index contributed by atoms with van der Waals surface area (Å²) in [6, 6.07) is 4.34. The second-order valence-corrected chi connectivity index (χ2v) is 8.58. The molecule has 2 aliphatic heterocycles. The Morgan fingerprint density at radius 1 is 1.14 bits per heavy atom. The molecule has 2 fully saturated rings. The minimum absolute atomic E-state index is 0.263. The molecule has 0 aromatic carbocycles. The van der Waals surface area contributed by atoms with Gasteiger partial charge in [0.05, 0.1) is 12.3 Å². The number of nitrogens with one attached hydrogen (secondary N) is 2. The molecule has 7 heteroatoms. The summed E-state index contributed by atoms with van der Waals surface area (Å²) in [5.74, 6) is 2.50. The third kappa shape index (κ3) is 7.01. The maximum atomic E-state index is 5.74. The molecule has 164 valence electrons. The van der Waals surface area contributed by atoms with E-state index in [2.05, 4.69) is 52.3 Å². The first-order valence-corrected chi connectivity index (χ1v) is 11.4. The van der Waals surface area contributed by atoms with Crippen molar-refractivity contribution in [3.8, 4) is 0 Å². The third-order valence-corrected chi connectivity index (χ3v) is 5.99. The lowest BCUT2D eigenvalue weighted by Crippen LogP contribution is -2.46. The summed E-state index contributed by atoms with van der Waals surface area (Å²) in [6.07, 6.45) is 4.32. The molecule has 3 rings (SSSR count). The van der Waals surface area contributed by atoms with E-state index < -0.39 is 0 Å². The molecule has 29 heavy (non-hydrogen) atoms. The van der Waals surface area contributed by atoms with Gasteiger partial charge in [0.15, 0.2) is 5.96 Å². The maximum absolute atomic E-state index is 5.74. The van der Waals surface area contributed by atoms with Gasteiger partial charge in [-0.15, -0.1) is 0 Å². The van der Waals surface area contributed by atoms with Crippen LogP contribution >= 0.6 is 0 Å². The number of aliphatic imine (C=N–C) groups is 1. The first kappa shape index (κ1) is 22.1. The van der Waals surface area contributed by atoms with Crippen molar-refractivity contribution in [1.29, 1.82) is 0 Å². The second-order valence-electron chi connectivity index (χ2n) is 8.58. The van der Waals surface area contributed by atoms with Crippen LogP contribution in [0.1, 0.15) is 38.5 Å². The van der Waals surface area contributed by atoms with Crippen molar-refractivity contribution < 1.29 is 4.42 Å². The Morgan fingerprint density at radius 2 is 1.90 bits per heavy atom. The molecule has 3 heterocycles. The summed E-state index contributed by atoms with van der Waals surface area (Å²) < 4.78 is 5.74. The van der Waals surface area contributed by atoms with Crippen molar-refractivity contribution in [3.05, 3.63) is 24.2 Å². The average Bonchev–Trinajstić information content (AvgIpc) is 3.43. The zero-order valence-electron chi connectivity index (χ0n) is 18.6. The van der Waals surface area contributed by atoms with Gasteiger partial charge < -0.3 is 24.9 Å². The smallest absolute Gasteiger partial charge is 0.191 e. The third-order valence-electron chi connectivity index (χ3n) is 5.99. The van der Waals surface area contributed by atoms with Gasteiger partial charge in [0.25, 0.3) is 0 Å². The highest BCUT2D eigenvalue weighted by atomic mass is 16.3. The molecular formula is C22H40N6O. The number of likely N-dealkylation sites (tertiary alicyclic amines) is 1. The topological polar surface area (TPSA) is 59.3 Å². The van der Waals surface area contributed by atoms with E-state index in [0.717, 1.165) is 51.0 Å². The number of likely N-dealkylation sites (N-methyl/N-ethyl adjacent to an activating group) is 1. The molecule has 0 saturated carbocycles. The zero-order valence-corrected chi connectivity index (χ0v) is 18.6. The maximum Gasteiger partial charge on any atom is 0.191 e. The number of rotatable bonds is 9. The van der Waals surface area contributed by atoms with E-state index in [0.29, 0.717) is 5.92 Å². The lowest BCUT2D eigenvalue weighted by molar-refractivity contribution is 0.140. The van der Waals surface area contributed by atoms with Gasteiger partial charge in [-0.25, -0.2) is 0 Å². The molecule has 0 amide bonds. The fourth-order valence-corrected chi connectivity index (χ4v) is 4.25. The molecule has 0 bridgehead atoms. The monoisotopic (exact) mass is 404 g/mol. The van der Waals surface area contributed by atoms with Crippen LogP contribution in [0.2, 0.25) is 0 Å². The Morgan fingerprint density at radius 3 is 2.55 bits per heavy atom. The summed E-state index contributed by atoms with van der Waals surface area (Å²) in [7, 11) is 2.21. The van der Waals surface area contributed by atoms with Gasteiger partial charge in [0, 0.05) is 52.4 Å². The summed E-state index contributed by atoms with van der Waals surface area (Å²) in [5, 5.41) is 6.98. The molecule has 2 unspecified atom stereocenters.